The van der Waals surface area contributed by atoms with E-state index in [2.05, 4.69) is 5.32 Å². The Bertz CT molecular complexity index is 631. The molecule has 0 spiro atoms. The van der Waals surface area contributed by atoms with E-state index in [1.54, 1.807) is 24.3 Å². The number of amides is 1. The van der Waals surface area contributed by atoms with Crippen LogP contribution in [0.4, 0.5) is 10.1 Å². The van der Waals surface area contributed by atoms with Crippen LogP contribution in [0.1, 0.15) is 15.9 Å². The fourth-order valence-corrected chi connectivity index (χ4v) is 2.02. The zero-order chi connectivity index (χ0) is 14.5. The number of hydrogen-bond acceptors (Lipinski definition) is 2. The lowest BCUT2D eigenvalue weighted by molar-refractivity contribution is 0.0955. The average molecular weight is 293 g/mol. The molecule has 0 heterocycles. The van der Waals surface area contributed by atoms with E-state index in [4.69, 9.17) is 17.3 Å². The Morgan fingerprint density at radius 2 is 2.00 bits per heavy atom. The zero-order valence-electron chi connectivity index (χ0n) is 10.7. The van der Waals surface area contributed by atoms with Gasteiger partial charge in [0.1, 0.15) is 5.82 Å². The van der Waals surface area contributed by atoms with Crippen LogP contribution < -0.4 is 11.1 Å². The summed E-state index contributed by atoms with van der Waals surface area (Å²) in [7, 11) is 0. The number of anilines is 1. The van der Waals surface area contributed by atoms with Crippen LogP contribution in [0.3, 0.4) is 0 Å². The van der Waals surface area contributed by atoms with Gasteiger partial charge in [-0.15, -0.1) is 0 Å². The topological polar surface area (TPSA) is 55.1 Å². The van der Waals surface area contributed by atoms with E-state index in [0.717, 1.165) is 5.56 Å². The van der Waals surface area contributed by atoms with Crippen molar-refractivity contribution in [2.45, 2.75) is 6.42 Å². The van der Waals surface area contributed by atoms with Crippen molar-refractivity contribution in [2.75, 3.05) is 12.3 Å². The van der Waals surface area contributed by atoms with E-state index >= 15 is 0 Å². The number of nitrogen functional groups attached to an aromatic ring is 1. The first-order valence-corrected chi connectivity index (χ1v) is 6.52. The molecule has 5 heteroatoms. The van der Waals surface area contributed by atoms with Gasteiger partial charge in [-0.1, -0.05) is 29.8 Å². The van der Waals surface area contributed by atoms with E-state index in [9.17, 15) is 9.18 Å². The summed E-state index contributed by atoms with van der Waals surface area (Å²) in [6.07, 6.45) is 0.546. The summed E-state index contributed by atoms with van der Waals surface area (Å²) in [6, 6.07) is 11.2. The van der Waals surface area contributed by atoms with Crippen LogP contribution in [0, 0.1) is 5.82 Å². The second-order valence-corrected chi connectivity index (χ2v) is 4.74. The fraction of sp³-hybridized carbons (Fsp3) is 0.133. The number of carbonyl (C=O) groups is 1. The predicted molar refractivity (Wildman–Crippen MR) is 78.3 cm³/mol. The molecule has 0 saturated heterocycles. The van der Waals surface area contributed by atoms with Crippen LogP contribution in [-0.4, -0.2) is 12.5 Å². The maximum Gasteiger partial charge on any atom is 0.253 e. The number of carbonyl (C=O) groups excluding carboxylic acids is 1. The maximum absolute atomic E-state index is 13.0. The summed E-state index contributed by atoms with van der Waals surface area (Å²) in [5, 5.41) is 3.08. The van der Waals surface area contributed by atoms with E-state index in [1.165, 1.54) is 12.1 Å². The molecular weight excluding hydrogens is 279 g/mol. The summed E-state index contributed by atoms with van der Waals surface area (Å²) in [4.78, 5) is 12.0. The number of nitrogens with two attached hydrogens (primary N) is 1. The monoisotopic (exact) mass is 292 g/mol. The Morgan fingerprint density at radius 1 is 1.25 bits per heavy atom. The van der Waals surface area contributed by atoms with Gasteiger partial charge in [-0.25, -0.2) is 4.39 Å². The summed E-state index contributed by atoms with van der Waals surface area (Å²) in [5.41, 5.74) is 7.17. The first-order chi connectivity index (χ1) is 9.58. The molecule has 0 aliphatic rings. The molecule has 0 atom stereocenters. The molecule has 2 aromatic rings. The van der Waals surface area contributed by atoms with E-state index in [0.29, 0.717) is 23.6 Å². The summed E-state index contributed by atoms with van der Waals surface area (Å²) in [5.74, 6) is -0.575. The zero-order valence-corrected chi connectivity index (χ0v) is 11.5. The van der Waals surface area contributed by atoms with Gasteiger partial charge in [0.2, 0.25) is 0 Å². The lowest BCUT2D eigenvalue weighted by Gasteiger charge is -2.08. The summed E-state index contributed by atoms with van der Waals surface area (Å²) in [6.45, 7) is 0.397. The van der Waals surface area contributed by atoms with Crippen molar-refractivity contribution in [2.24, 2.45) is 0 Å². The Balaban J connectivity index is 1.94. The molecule has 1 amide bonds. The molecule has 2 aromatic carbocycles. The first-order valence-electron chi connectivity index (χ1n) is 6.14. The predicted octanol–water partition coefficient (Wildman–Crippen LogP) is 3.03. The minimum atomic E-state index is -0.290. The highest BCUT2D eigenvalue weighted by Gasteiger charge is 2.10. The molecule has 3 nitrogen and oxygen atoms in total. The molecule has 3 N–H and O–H groups in total. The van der Waals surface area contributed by atoms with Crippen LogP contribution in [0.2, 0.25) is 5.02 Å². The van der Waals surface area contributed by atoms with Crippen molar-refractivity contribution in [3.8, 4) is 0 Å². The molecule has 0 aliphatic heterocycles. The Hall–Kier alpha value is -2.07. The molecule has 0 fully saturated rings. The summed E-state index contributed by atoms with van der Waals surface area (Å²) >= 11 is 5.86. The molecule has 104 valence electrons. The third kappa shape index (κ3) is 3.48. The molecule has 0 aliphatic carbocycles. The highest BCUT2D eigenvalue weighted by Crippen LogP contribution is 2.22. The van der Waals surface area contributed by atoms with E-state index in [-0.39, 0.29) is 17.4 Å². The van der Waals surface area contributed by atoms with Crippen molar-refractivity contribution >= 4 is 23.2 Å². The van der Waals surface area contributed by atoms with Gasteiger partial charge in [-0.2, -0.15) is 0 Å². The minimum Gasteiger partial charge on any atom is -0.397 e. The van der Waals surface area contributed by atoms with Gasteiger partial charge in [0.15, 0.2) is 0 Å². The van der Waals surface area contributed by atoms with Crippen LogP contribution >= 0.6 is 11.6 Å². The summed E-state index contributed by atoms with van der Waals surface area (Å²) < 4.78 is 13.0. The number of halogens is 2. The van der Waals surface area contributed by atoms with Gasteiger partial charge >= 0.3 is 0 Å². The molecular formula is C15H14ClFN2O. The van der Waals surface area contributed by atoms with Crippen molar-refractivity contribution in [1.29, 1.82) is 0 Å². The Kier molecular flexibility index (Phi) is 4.58. The van der Waals surface area contributed by atoms with Crippen LogP contribution in [0.25, 0.3) is 0 Å². The second kappa shape index (κ2) is 6.39. The number of para-hydroxylation sites is 1. The fourth-order valence-electron chi connectivity index (χ4n) is 1.84. The normalized spacial score (nSPS) is 10.3. The number of benzene rings is 2. The molecule has 2 rings (SSSR count). The van der Waals surface area contributed by atoms with Gasteiger partial charge in [0.05, 0.1) is 16.3 Å². The van der Waals surface area contributed by atoms with Gasteiger partial charge in [-0.3, -0.25) is 4.79 Å². The van der Waals surface area contributed by atoms with Gasteiger partial charge < -0.3 is 11.1 Å². The average Bonchev–Trinajstić information content (AvgIpc) is 2.42. The van der Waals surface area contributed by atoms with Gasteiger partial charge in [0.25, 0.3) is 5.91 Å². The lowest BCUT2D eigenvalue weighted by atomic mass is 10.1. The van der Waals surface area contributed by atoms with E-state index < -0.39 is 0 Å². The second-order valence-electron chi connectivity index (χ2n) is 4.34. The van der Waals surface area contributed by atoms with Crippen molar-refractivity contribution in [3.05, 3.63) is 64.4 Å². The smallest absolute Gasteiger partial charge is 0.253 e. The SMILES string of the molecule is Nc1c(Cl)cccc1C(=O)NCCc1cccc(F)c1. The van der Waals surface area contributed by atoms with Crippen LogP contribution in [0.5, 0.6) is 0 Å². The molecule has 20 heavy (non-hydrogen) atoms. The van der Waals surface area contributed by atoms with Crippen LogP contribution in [0.15, 0.2) is 42.5 Å². The van der Waals surface area contributed by atoms with E-state index in [1.807, 2.05) is 6.07 Å². The number of rotatable bonds is 4. The highest BCUT2D eigenvalue weighted by atomic mass is 35.5. The Labute approximate surface area is 121 Å². The van der Waals surface area contributed by atoms with Gasteiger partial charge in [-0.05, 0) is 36.2 Å². The standard InChI is InChI=1S/C15H14ClFN2O/c16-13-6-2-5-12(14(13)18)15(20)19-8-7-10-3-1-4-11(17)9-10/h1-6,9H,7-8,18H2,(H,19,20). The van der Waals surface area contributed by atoms with Crippen molar-refractivity contribution < 1.29 is 9.18 Å². The Morgan fingerprint density at radius 3 is 2.75 bits per heavy atom. The highest BCUT2D eigenvalue weighted by molar-refractivity contribution is 6.33. The molecule has 0 bridgehead atoms. The largest absolute Gasteiger partial charge is 0.397 e. The molecule has 0 radical (unpaired) electrons. The number of hydrogen-bond donors (Lipinski definition) is 2. The van der Waals surface area contributed by atoms with Crippen LogP contribution in [-0.2, 0) is 6.42 Å². The van der Waals surface area contributed by atoms with Crippen molar-refractivity contribution in [1.82, 2.24) is 5.32 Å². The molecule has 0 saturated carbocycles. The van der Waals surface area contributed by atoms with Crippen molar-refractivity contribution in [3.63, 3.8) is 0 Å². The first kappa shape index (κ1) is 14.3. The lowest BCUT2D eigenvalue weighted by Crippen LogP contribution is -2.26. The third-order valence-electron chi connectivity index (χ3n) is 2.89. The molecule has 0 unspecified atom stereocenters. The quantitative estimate of drug-likeness (QED) is 0.851. The molecule has 0 aromatic heterocycles. The minimum absolute atomic E-state index is 0.262. The maximum atomic E-state index is 13.0. The van der Waals surface area contributed by atoms with Gasteiger partial charge in [0, 0.05) is 6.54 Å². The third-order valence-corrected chi connectivity index (χ3v) is 3.22. The number of nitrogens with one attached hydrogen (secondary N) is 1.